The number of hydrogen-bond acceptors (Lipinski definition) is 1. The second-order valence-electron chi connectivity index (χ2n) is 44.3. The Bertz CT molecular complexity index is 5800. The van der Waals surface area contributed by atoms with Gasteiger partial charge in [-0.2, -0.15) is 4.39 Å². The lowest BCUT2D eigenvalue weighted by Gasteiger charge is -2.29. The zero-order valence-corrected chi connectivity index (χ0v) is 90.9. The minimum atomic E-state index is -0.912. The third kappa shape index (κ3) is 31.5. The summed E-state index contributed by atoms with van der Waals surface area (Å²) < 4.78 is 173. The first-order valence-electron chi connectivity index (χ1n) is 57.1. The molecule has 0 bridgehead atoms. The number of aryl methyl sites for hydroxylation is 5. The average molecular weight is 2040 g/mol. The van der Waals surface area contributed by atoms with Gasteiger partial charge in [0.1, 0.15) is 0 Å². The average Bonchev–Trinajstić information content (AvgIpc) is 0.789. The molecular weight excluding hydrogens is 1880 g/mol. The van der Waals surface area contributed by atoms with Gasteiger partial charge >= 0.3 is 0 Å². The van der Waals surface area contributed by atoms with Crippen LogP contribution in [0.4, 0.5) is 52.7 Å². The third-order valence-electron chi connectivity index (χ3n) is 34.1. The van der Waals surface area contributed by atoms with Crippen molar-refractivity contribution in [3.05, 3.63) is 349 Å². The highest BCUT2D eigenvalue weighted by atomic mass is 19.2. The summed E-state index contributed by atoms with van der Waals surface area (Å²) in [7, 11) is 0. The molecule has 18 rings (SSSR count). The molecule has 0 aromatic heterocycles. The molecule has 0 spiro atoms. The number of hydrogen-bond donors (Lipinski definition) is 0. The second-order valence-corrected chi connectivity index (χ2v) is 44.3. The largest absolute Gasteiger partial charge is 0.491 e. The Kier molecular flexibility index (Phi) is 45.0. The number of unbranched alkanes of at least 4 members (excludes halogenated alkanes) is 4. The molecule has 6 aliphatic rings. The summed E-state index contributed by atoms with van der Waals surface area (Å²) in [5.41, 5.74) is 16.2. The van der Waals surface area contributed by atoms with Gasteiger partial charge in [0.25, 0.3) is 0 Å². The molecule has 13 heteroatoms. The topological polar surface area (TPSA) is 9.23 Å². The highest BCUT2D eigenvalue weighted by Crippen LogP contribution is 2.47. The summed E-state index contributed by atoms with van der Waals surface area (Å²) in [4.78, 5) is 0. The molecule has 0 heterocycles. The molecule has 12 aromatic carbocycles. The first kappa shape index (κ1) is 116. The quantitative estimate of drug-likeness (QED) is 0.0335. The molecule has 12 aromatic rings. The fraction of sp³-hybridized carbons (Fsp3) is 0.471. The molecule has 0 radical (unpaired) electrons. The predicted octanol–water partition coefficient (Wildman–Crippen LogP) is 43.3. The van der Waals surface area contributed by atoms with Crippen molar-refractivity contribution in [2.24, 2.45) is 35.5 Å². The van der Waals surface area contributed by atoms with E-state index < -0.39 is 69.8 Å². The normalized spacial score (nSPS) is 20.7. The zero-order chi connectivity index (χ0) is 106. The van der Waals surface area contributed by atoms with E-state index in [1.54, 1.807) is 108 Å². The number of benzene rings is 12. The number of rotatable bonds is 29. The molecule has 0 unspecified atom stereocenters. The maximum absolute atomic E-state index is 14.4. The molecule has 798 valence electrons. The third-order valence-corrected chi connectivity index (χ3v) is 34.1. The summed E-state index contributed by atoms with van der Waals surface area (Å²) in [6, 6.07) is 67.9. The van der Waals surface area contributed by atoms with E-state index in [9.17, 15) is 52.7 Å². The van der Waals surface area contributed by atoms with Gasteiger partial charge in [-0.3, -0.25) is 0 Å². The van der Waals surface area contributed by atoms with Crippen LogP contribution in [-0.2, 0) is 0 Å². The standard InChI is InChI=1S/C25H32F2O.C24H30F2.3C22H26F2.C21H24F2/c1-3-5-6-7-18-8-10-19(11-9-18)20-12-14-21(15-13-20)22-16-17-23(28-4-2)25(27)24(22)26;1-3-4-5-6-18-8-10-19(11-9-18)20-12-14-21(15-13-20)22-16-7-17(2)23(25)24(22)26;3*1-3-4-16-6-8-17(9-7-16)18-10-12-19(13-11-18)20-14-5-15(2)21(23)22(20)24;1-3-15-5-7-16(8-6-15)17-9-11-18(12-10-17)19-13-4-14(2)20(22)21(19)23/h12-19H,3-11H2,1-2H3;7,12-16,18-19H,3-6,8-11H2,1-2H3;3*5,10-14,16-17H,3-4,6-9H2,1-2H3;4,9-13,15-16H,3,5-8H2,1-2H3. The van der Waals surface area contributed by atoms with Crippen LogP contribution in [0.5, 0.6) is 5.75 Å². The Morgan fingerprint density at radius 2 is 0.362 bits per heavy atom. The van der Waals surface area contributed by atoms with Gasteiger partial charge in [0.05, 0.1) is 6.61 Å². The van der Waals surface area contributed by atoms with E-state index in [1.807, 2.05) is 72.8 Å². The van der Waals surface area contributed by atoms with E-state index in [1.165, 1.54) is 290 Å². The number of halogens is 12. The van der Waals surface area contributed by atoms with Crippen LogP contribution in [0.15, 0.2) is 218 Å². The Hall–Kier alpha value is -10.4. The summed E-state index contributed by atoms with van der Waals surface area (Å²) in [5, 5.41) is 0. The second kappa shape index (κ2) is 57.9. The highest BCUT2D eigenvalue weighted by Gasteiger charge is 2.31. The maximum Gasteiger partial charge on any atom is 0.201 e. The lowest BCUT2D eigenvalue weighted by atomic mass is 9.77. The van der Waals surface area contributed by atoms with Crippen molar-refractivity contribution >= 4 is 0 Å². The first-order valence-corrected chi connectivity index (χ1v) is 57.1. The summed E-state index contributed by atoms with van der Waals surface area (Å²) in [5.74, 6) is -0.186. The molecule has 6 fully saturated rings. The van der Waals surface area contributed by atoms with Crippen molar-refractivity contribution in [2.45, 2.75) is 369 Å². The van der Waals surface area contributed by atoms with Crippen molar-refractivity contribution in [3.63, 3.8) is 0 Å². The van der Waals surface area contributed by atoms with Gasteiger partial charge < -0.3 is 4.74 Å². The van der Waals surface area contributed by atoms with E-state index in [-0.39, 0.29) is 11.3 Å². The van der Waals surface area contributed by atoms with Crippen molar-refractivity contribution in [3.8, 4) is 72.5 Å². The van der Waals surface area contributed by atoms with Gasteiger partial charge in [-0.1, -0.05) is 344 Å². The molecule has 0 atom stereocenters. The van der Waals surface area contributed by atoms with Crippen molar-refractivity contribution in [1.29, 1.82) is 0 Å². The molecular formula is C136H164F12O. The van der Waals surface area contributed by atoms with Gasteiger partial charge in [-0.05, 0) is 373 Å². The lowest BCUT2D eigenvalue weighted by Crippen LogP contribution is -2.13. The molecule has 0 amide bonds. The van der Waals surface area contributed by atoms with E-state index in [0.717, 1.165) is 63.3 Å². The molecule has 6 aliphatic carbocycles. The fourth-order valence-corrected chi connectivity index (χ4v) is 24.4. The lowest BCUT2D eigenvalue weighted by molar-refractivity contribution is 0.303. The molecule has 0 N–H and O–H groups in total. The molecule has 0 saturated heterocycles. The van der Waals surface area contributed by atoms with Crippen molar-refractivity contribution < 1.29 is 57.4 Å². The van der Waals surface area contributed by atoms with Crippen LogP contribution in [0.1, 0.15) is 396 Å². The summed E-state index contributed by atoms with van der Waals surface area (Å²) in [6.07, 6.45) is 50.7. The Morgan fingerprint density at radius 3 is 0.544 bits per heavy atom. The van der Waals surface area contributed by atoms with Crippen LogP contribution in [0, 0.1) is 140 Å². The van der Waals surface area contributed by atoms with Gasteiger partial charge in [-0.25, -0.2) is 48.3 Å². The van der Waals surface area contributed by atoms with Crippen LogP contribution in [0.3, 0.4) is 0 Å². The Labute approximate surface area is 885 Å². The van der Waals surface area contributed by atoms with Crippen molar-refractivity contribution in [2.75, 3.05) is 6.61 Å². The van der Waals surface area contributed by atoms with Crippen LogP contribution in [0.2, 0.25) is 0 Å². The first-order chi connectivity index (χ1) is 72.1. The zero-order valence-electron chi connectivity index (χ0n) is 90.9. The van der Waals surface area contributed by atoms with Gasteiger partial charge in [-0.15, -0.1) is 0 Å². The van der Waals surface area contributed by atoms with E-state index >= 15 is 0 Å². The van der Waals surface area contributed by atoms with E-state index in [2.05, 4.69) is 114 Å². The van der Waals surface area contributed by atoms with Crippen LogP contribution < -0.4 is 4.74 Å². The van der Waals surface area contributed by atoms with E-state index in [4.69, 9.17) is 4.74 Å². The van der Waals surface area contributed by atoms with Crippen LogP contribution in [0.25, 0.3) is 66.8 Å². The Balaban J connectivity index is 0.000000149. The SMILES string of the molecule is CCC1CCC(c2ccc(-c3ccc(C)c(F)c3F)cc2)CC1.CCCC1CCC(c2ccc(-c3ccc(C)c(F)c3F)cc2)CC1.CCCC1CCC(c2ccc(-c3ccc(C)c(F)c3F)cc2)CC1.CCCC1CCC(c2ccc(-c3ccc(C)c(F)c3F)cc2)CC1.CCCCCC1CCC(c2ccc(-c3ccc(C)c(F)c3F)cc2)CC1.CCCCCC1CCC(c2ccc(-c3ccc(OCC)c(F)c3F)cc2)CC1. The monoisotopic (exact) mass is 2040 g/mol. The fourth-order valence-electron chi connectivity index (χ4n) is 24.4. The highest BCUT2D eigenvalue weighted by molar-refractivity contribution is 5.71. The van der Waals surface area contributed by atoms with Crippen LogP contribution in [-0.4, -0.2) is 6.61 Å². The smallest absolute Gasteiger partial charge is 0.201 e. The molecule has 1 nitrogen and oxygen atoms in total. The Morgan fingerprint density at radius 1 is 0.181 bits per heavy atom. The van der Waals surface area contributed by atoms with Gasteiger partial charge in [0, 0.05) is 33.4 Å². The molecule has 149 heavy (non-hydrogen) atoms. The number of ether oxygens (including phenoxy) is 1. The van der Waals surface area contributed by atoms with Crippen molar-refractivity contribution in [1.82, 2.24) is 0 Å². The van der Waals surface area contributed by atoms with E-state index in [0.29, 0.717) is 103 Å². The van der Waals surface area contributed by atoms with Crippen LogP contribution >= 0.6 is 0 Å². The summed E-state index contributed by atoms with van der Waals surface area (Å²) >= 11 is 0. The summed E-state index contributed by atoms with van der Waals surface area (Å²) in [6.45, 7) is 23.6. The minimum Gasteiger partial charge on any atom is -0.491 e. The minimum absolute atomic E-state index is 0.0314. The molecule has 6 saturated carbocycles. The molecule has 0 aliphatic heterocycles. The maximum atomic E-state index is 14.4. The predicted molar refractivity (Wildman–Crippen MR) is 597 cm³/mol. The van der Waals surface area contributed by atoms with Gasteiger partial charge in [0.15, 0.2) is 69.7 Å². The van der Waals surface area contributed by atoms with Gasteiger partial charge in [0.2, 0.25) is 5.82 Å².